The molecule has 5 nitrogen and oxygen atoms in total. The van der Waals surface area contributed by atoms with E-state index in [-0.39, 0.29) is 25.7 Å². The second-order valence-electron chi connectivity index (χ2n) is 8.14. The van der Waals surface area contributed by atoms with Crippen molar-refractivity contribution < 1.29 is 18.3 Å². The lowest BCUT2D eigenvalue weighted by molar-refractivity contribution is -0.133. The summed E-state index contributed by atoms with van der Waals surface area (Å²) < 4.78 is 32.2. The molecule has 0 atom stereocenters. The van der Waals surface area contributed by atoms with Gasteiger partial charge in [-0.2, -0.15) is 0 Å². The molecule has 1 N–H and O–H groups in total. The first kappa shape index (κ1) is 21.2. The maximum atomic E-state index is 13.6. The molecule has 0 radical (unpaired) electrons. The van der Waals surface area contributed by atoms with Crippen LogP contribution in [0.2, 0.25) is 0 Å². The molecular formula is C26H21F2N3O2. The smallest absolute Gasteiger partial charge is 0.252 e. The molecule has 0 unspecified atom stereocenters. The molecule has 1 saturated heterocycles. The number of amides is 1. The van der Waals surface area contributed by atoms with Crippen LogP contribution in [-0.2, 0) is 16.7 Å². The molecule has 0 spiro atoms. The summed E-state index contributed by atoms with van der Waals surface area (Å²) in [6.07, 6.45) is -0.831. The number of halogens is 2. The normalized spacial score (nSPS) is 14.8. The molecule has 0 bridgehead atoms. The topological polar surface area (TPSA) is 64.1 Å². The average molecular weight is 445 g/mol. The third-order valence-corrected chi connectivity index (χ3v) is 5.97. The van der Waals surface area contributed by atoms with Crippen LogP contribution in [0.3, 0.4) is 0 Å². The molecule has 33 heavy (non-hydrogen) atoms. The van der Waals surface area contributed by atoms with Crippen LogP contribution in [0.1, 0.15) is 21.6 Å². The van der Waals surface area contributed by atoms with E-state index in [9.17, 15) is 13.6 Å². The molecule has 4 aromatic rings. The quantitative estimate of drug-likeness (QED) is 0.465. The molecule has 7 heteroatoms. The summed E-state index contributed by atoms with van der Waals surface area (Å²) in [6.45, 7) is 0.1000. The van der Waals surface area contributed by atoms with Gasteiger partial charge in [-0.25, -0.2) is 13.8 Å². The van der Waals surface area contributed by atoms with Gasteiger partial charge in [0.15, 0.2) is 0 Å². The molecule has 1 aliphatic heterocycles. The Bertz CT molecular complexity index is 1310. The van der Waals surface area contributed by atoms with Crippen LogP contribution in [-0.4, -0.2) is 35.5 Å². The van der Waals surface area contributed by atoms with E-state index in [1.807, 2.05) is 48.5 Å². The molecule has 0 aliphatic carbocycles. The SMILES string of the molecule is O=C(NCc1cc2nc(-c3ccccc3)ccc2cn1)c1cccc(C2(C(F)F)COC2)c1. The van der Waals surface area contributed by atoms with E-state index >= 15 is 0 Å². The predicted octanol–water partition coefficient (Wildman–Crippen LogP) is 4.76. The number of hydrogen-bond donors (Lipinski definition) is 1. The number of benzene rings is 2. The summed E-state index contributed by atoms with van der Waals surface area (Å²) in [5, 5.41) is 3.72. The monoisotopic (exact) mass is 445 g/mol. The van der Waals surface area contributed by atoms with Crippen molar-refractivity contribution in [1.29, 1.82) is 0 Å². The number of nitrogens with one attached hydrogen (secondary N) is 1. The van der Waals surface area contributed by atoms with Gasteiger partial charge in [0.2, 0.25) is 0 Å². The maximum Gasteiger partial charge on any atom is 0.252 e. The lowest BCUT2D eigenvalue weighted by Crippen LogP contribution is -2.52. The van der Waals surface area contributed by atoms with Gasteiger partial charge < -0.3 is 10.1 Å². The van der Waals surface area contributed by atoms with Crippen molar-refractivity contribution in [2.75, 3.05) is 13.2 Å². The first-order chi connectivity index (χ1) is 16.0. The number of aromatic nitrogens is 2. The minimum atomic E-state index is -2.56. The van der Waals surface area contributed by atoms with Gasteiger partial charge in [-0.05, 0) is 35.9 Å². The Morgan fingerprint density at radius 3 is 2.58 bits per heavy atom. The van der Waals surface area contributed by atoms with Crippen LogP contribution in [0.4, 0.5) is 8.78 Å². The van der Waals surface area contributed by atoms with E-state index in [1.54, 1.807) is 24.4 Å². The Balaban J connectivity index is 1.32. The van der Waals surface area contributed by atoms with Crippen molar-refractivity contribution in [2.24, 2.45) is 0 Å². The Labute approximate surface area is 189 Å². The third kappa shape index (κ3) is 4.07. The van der Waals surface area contributed by atoms with Gasteiger partial charge in [-0.1, -0.05) is 42.5 Å². The summed E-state index contributed by atoms with van der Waals surface area (Å²) in [4.78, 5) is 21.8. The number of hydrogen-bond acceptors (Lipinski definition) is 4. The van der Waals surface area contributed by atoms with Crippen LogP contribution >= 0.6 is 0 Å². The third-order valence-electron chi connectivity index (χ3n) is 5.97. The van der Waals surface area contributed by atoms with E-state index in [2.05, 4.69) is 10.3 Å². The first-order valence-corrected chi connectivity index (χ1v) is 10.6. The van der Waals surface area contributed by atoms with Crippen LogP contribution in [0.25, 0.3) is 22.2 Å². The van der Waals surface area contributed by atoms with Crippen molar-refractivity contribution in [3.63, 3.8) is 0 Å². The van der Waals surface area contributed by atoms with Crippen LogP contribution < -0.4 is 5.32 Å². The van der Waals surface area contributed by atoms with Gasteiger partial charge in [0.05, 0.1) is 36.7 Å². The number of rotatable bonds is 6. The highest BCUT2D eigenvalue weighted by atomic mass is 19.3. The summed E-state index contributed by atoms with van der Waals surface area (Å²) >= 11 is 0. The van der Waals surface area contributed by atoms with Gasteiger partial charge in [0.25, 0.3) is 12.3 Å². The lowest BCUT2D eigenvalue weighted by Gasteiger charge is -2.41. The second kappa shape index (κ2) is 8.67. The van der Waals surface area contributed by atoms with Gasteiger partial charge in [0, 0.05) is 22.7 Å². The fourth-order valence-corrected chi connectivity index (χ4v) is 3.91. The molecule has 2 aromatic heterocycles. The minimum absolute atomic E-state index is 0.0469. The fraction of sp³-hybridized carbons (Fsp3) is 0.192. The molecule has 1 amide bonds. The van der Waals surface area contributed by atoms with E-state index in [4.69, 9.17) is 9.72 Å². The van der Waals surface area contributed by atoms with E-state index in [0.29, 0.717) is 16.8 Å². The molecule has 3 heterocycles. The summed E-state index contributed by atoms with van der Waals surface area (Å²) in [5.74, 6) is -0.352. The van der Waals surface area contributed by atoms with E-state index < -0.39 is 11.8 Å². The number of nitrogens with zero attached hydrogens (tertiary/aromatic N) is 2. The highest BCUT2D eigenvalue weighted by Gasteiger charge is 2.48. The minimum Gasteiger partial charge on any atom is -0.379 e. The zero-order valence-electron chi connectivity index (χ0n) is 17.7. The number of carbonyl (C=O) groups is 1. The van der Waals surface area contributed by atoms with Crippen molar-refractivity contribution in [2.45, 2.75) is 18.4 Å². The molecule has 0 saturated carbocycles. The first-order valence-electron chi connectivity index (χ1n) is 10.6. The number of carbonyl (C=O) groups excluding carboxylic acids is 1. The highest BCUT2D eigenvalue weighted by Crippen LogP contribution is 2.38. The summed E-state index contributed by atoms with van der Waals surface area (Å²) in [6, 6.07) is 22.0. The molecule has 5 rings (SSSR count). The maximum absolute atomic E-state index is 13.6. The van der Waals surface area contributed by atoms with Gasteiger partial charge in [-0.3, -0.25) is 9.78 Å². The molecule has 2 aromatic carbocycles. The van der Waals surface area contributed by atoms with Gasteiger partial charge in [0.1, 0.15) is 5.41 Å². The van der Waals surface area contributed by atoms with E-state index in [1.165, 1.54) is 6.07 Å². The van der Waals surface area contributed by atoms with Crippen molar-refractivity contribution in [3.05, 3.63) is 95.8 Å². The number of pyridine rings is 2. The average Bonchev–Trinajstić information content (AvgIpc) is 2.82. The molecule has 1 aliphatic rings. The zero-order valence-corrected chi connectivity index (χ0v) is 17.7. The van der Waals surface area contributed by atoms with Crippen LogP contribution in [0.5, 0.6) is 0 Å². The van der Waals surface area contributed by atoms with Gasteiger partial charge in [-0.15, -0.1) is 0 Å². The van der Waals surface area contributed by atoms with Crippen LogP contribution in [0, 0.1) is 0 Å². The highest BCUT2D eigenvalue weighted by molar-refractivity contribution is 5.94. The zero-order chi connectivity index (χ0) is 22.8. The Morgan fingerprint density at radius 1 is 1.03 bits per heavy atom. The summed E-state index contributed by atoms with van der Waals surface area (Å²) in [5.41, 5.74) is 2.71. The summed E-state index contributed by atoms with van der Waals surface area (Å²) in [7, 11) is 0. The van der Waals surface area contributed by atoms with Crippen molar-refractivity contribution in [3.8, 4) is 11.3 Å². The number of fused-ring (bicyclic) bond motifs is 1. The fourth-order valence-electron chi connectivity index (χ4n) is 3.91. The van der Waals surface area contributed by atoms with Crippen LogP contribution in [0.15, 0.2) is 79.0 Å². The molecular weight excluding hydrogens is 424 g/mol. The molecule has 166 valence electrons. The Morgan fingerprint density at radius 2 is 1.85 bits per heavy atom. The predicted molar refractivity (Wildman–Crippen MR) is 121 cm³/mol. The lowest BCUT2D eigenvalue weighted by atomic mass is 9.78. The van der Waals surface area contributed by atoms with Crippen molar-refractivity contribution in [1.82, 2.24) is 15.3 Å². The Hall–Kier alpha value is -3.71. The second-order valence-corrected chi connectivity index (χ2v) is 8.14. The standard InChI is InChI=1S/C26H21F2N3O2/c27-25(28)26(15-33-16-26)20-8-4-7-18(11-20)24(32)30-14-21-12-23-19(13-29-21)9-10-22(31-23)17-5-2-1-3-6-17/h1-13,25H,14-16H2,(H,30,32). The Kier molecular flexibility index (Phi) is 5.56. The van der Waals surface area contributed by atoms with E-state index in [0.717, 1.165) is 22.2 Å². The van der Waals surface area contributed by atoms with Crippen molar-refractivity contribution >= 4 is 16.8 Å². The molecule has 1 fully saturated rings. The largest absolute Gasteiger partial charge is 0.379 e. The van der Waals surface area contributed by atoms with Gasteiger partial charge >= 0.3 is 0 Å². The number of ether oxygens (including phenoxy) is 1. The number of alkyl halides is 2.